The molecule has 2 aromatic rings. The fourth-order valence-corrected chi connectivity index (χ4v) is 2.94. The molecule has 8 heteroatoms. The summed E-state index contributed by atoms with van der Waals surface area (Å²) in [6.45, 7) is 4.19. The number of alkyl halides is 3. The van der Waals surface area contributed by atoms with E-state index in [-0.39, 0.29) is 12.4 Å². The molecule has 2 aromatic carbocycles. The van der Waals surface area contributed by atoms with Gasteiger partial charge in [0, 0.05) is 26.2 Å². The summed E-state index contributed by atoms with van der Waals surface area (Å²) in [5.74, 6) is -0.401. The van der Waals surface area contributed by atoms with Crippen LogP contribution in [0.15, 0.2) is 48.5 Å². The van der Waals surface area contributed by atoms with Crippen LogP contribution in [0.25, 0.3) is 0 Å². The van der Waals surface area contributed by atoms with Crippen LogP contribution in [0.4, 0.5) is 13.2 Å². The van der Waals surface area contributed by atoms with Crippen molar-refractivity contribution in [2.24, 2.45) is 0 Å². The summed E-state index contributed by atoms with van der Waals surface area (Å²) >= 11 is 0. The minimum absolute atomic E-state index is 0.00226. The number of carbonyl (C=O) groups excluding carboxylic acids is 1. The Kier molecular flexibility index (Phi) is 7.11. The first kappa shape index (κ1) is 21.1. The molecule has 0 atom stereocenters. The number of ether oxygens (including phenoxy) is 2. The van der Waals surface area contributed by atoms with Crippen LogP contribution in [0.3, 0.4) is 0 Å². The number of halogens is 3. The molecule has 1 amide bonds. The highest BCUT2D eigenvalue weighted by molar-refractivity contribution is 5.77. The van der Waals surface area contributed by atoms with E-state index in [4.69, 9.17) is 9.47 Å². The molecule has 0 spiro atoms. The van der Waals surface area contributed by atoms with E-state index in [1.807, 2.05) is 24.3 Å². The first-order valence-corrected chi connectivity index (χ1v) is 9.35. The average Bonchev–Trinajstić information content (AvgIpc) is 2.72. The predicted molar refractivity (Wildman–Crippen MR) is 101 cm³/mol. The van der Waals surface area contributed by atoms with Crippen LogP contribution in [-0.4, -0.2) is 43.7 Å². The molecule has 156 valence electrons. The summed E-state index contributed by atoms with van der Waals surface area (Å²) in [5, 5.41) is 2.70. The van der Waals surface area contributed by atoms with E-state index in [1.165, 1.54) is 17.7 Å². The van der Waals surface area contributed by atoms with E-state index in [0.29, 0.717) is 6.54 Å². The summed E-state index contributed by atoms with van der Waals surface area (Å²) < 4.78 is 48.6. The molecular formula is C21H23F3N2O3. The number of amides is 1. The zero-order valence-corrected chi connectivity index (χ0v) is 15.9. The lowest BCUT2D eigenvalue weighted by molar-refractivity contribution is -0.137. The second-order valence-electron chi connectivity index (χ2n) is 6.80. The van der Waals surface area contributed by atoms with Crippen LogP contribution < -0.4 is 10.1 Å². The van der Waals surface area contributed by atoms with E-state index in [0.717, 1.165) is 50.5 Å². The summed E-state index contributed by atoms with van der Waals surface area (Å²) in [5.41, 5.74) is 1.31. The van der Waals surface area contributed by atoms with Crippen molar-refractivity contribution in [3.8, 4) is 5.75 Å². The fraction of sp³-hybridized carbons (Fsp3) is 0.381. The Balaban J connectivity index is 1.42. The van der Waals surface area contributed by atoms with Crippen molar-refractivity contribution in [1.29, 1.82) is 0 Å². The lowest BCUT2D eigenvalue weighted by Crippen LogP contribution is -2.35. The molecule has 1 N–H and O–H groups in total. The quantitative estimate of drug-likeness (QED) is 0.764. The van der Waals surface area contributed by atoms with E-state index in [9.17, 15) is 18.0 Å². The zero-order valence-electron chi connectivity index (χ0n) is 15.9. The normalized spacial score (nSPS) is 15.1. The molecule has 0 bridgehead atoms. The molecule has 3 rings (SSSR count). The second kappa shape index (κ2) is 9.76. The molecule has 0 unspecified atom stereocenters. The first-order valence-electron chi connectivity index (χ1n) is 9.35. The Hall–Kier alpha value is -2.58. The molecule has 0 aromatic heterocycles. The lowest BCUT2D eigenvalue weighted by atomic mass is 10.1. The first-order chi connectivity index (χ1) is 13.9. The second-order valence-corrected chi connectivity index (χ2v) is 6.80. The van der Waals surface area contributed by atoms with Crippen molar-refractivity contribution in [3.63, 3.8) is 0 Å². The summed E-state index contributed by atoms with van der Waals surface area (Å²) in [4.78, 5) is 14.2. The van der Waals surface area contributed by atoms with E-state index >= 15 is 0 Å². The lowest BCUT2D eigenvalue weighted by Gasteiger charge is -2.26. The average molecular weight is 408 g/mol. The number of nitrogens with zero attached hydrogens (tertiary/aromatic N) is 1. The van der Waals surface area contributed by atoms with Crippen molar-refractivity contribution in [3.05, 3.63) is 65.2 Å². The topological polar surface area (TPSA) is 50.8 Å². The molecule has 29 heavy (non-hydrogen) atoms. The van der Waals surface area contributed by atoms with Gasteiger partial charge in [-0.1, -0.05) is 30.3 Å². The molecule has 0 aliphatic carbocycles. The molecule has 1 aliphatic heterocycles. The Bertz CT molecular complexity index is 804. The minimum atomic E-state index is -4.45. The number of morpholine rings is 1. The Morgan fingerprint density at radius 3 is 2.45 bits per heavy atom. The number of nitrogens with one attached hydrogen (secondary N) is 1. The molecule has 5 nitrogen and oxygen atoms in total. The van der Waals surface area contributed by atoms with E-state index < -0.39 is 17.6 Å². The van der Waals surface area contributed by atoms with Crippen molar-refractivity contribution < 1.29 is 27.4 Å². The van der Waals surface area contributed by atoms with Gasteiger partial charge in [-0.25, -0.2) is 0 Å². The fourth-order valence-electron chi connectivity index (χ4n) is 2.94. The number of carbonyl (C=O) groups is 1. The van der Waals surface area contributed by atoms with Crippen LogP contribution in [0.1, 0.15) is 16.7 Å². The van der Waals surface area contributed by atoms with Crippen molar-refractivity contribution >= 4 is 5.91 Å². The zero-order chi connectivity index (χ0) is 20.7. The standard InChI is InChI=1S/C21H23F3N2O3/c22-21(23,24)18-2-1-3-19(12-18)29-15-20(27)25-13-16-4-6-17(7-5-16)14-26-8-10-28-11-9-26/h1-7,12H,8-11,13-15H2,(H,25,27). The van der Waals surface area contributed by atoms with Gasteiger partial charge in [-0.2, -0.15) is 13.2 Å². The van der Waals surface area contributed by atoms with E-state index in [2.05, 4.69) is 10.2 Å². The maximum atomic E-state index is 12.7. The van der Waals surface area contributed by atoms with Crippen LogP contribution in [0.5, 0.6) is 5.75 Å². The number of benzene rings is 2. The van der Waals surface area contributed by atoms with Crippen molar-refractivity contribution in [1.82, 2.24) is 10.2 Å². The Morgan fingerprint density at radius 1 is 1.07 bits per heavy atom. The van der Waals surface area contributed by atoms with Crippen molar-refractivity contribution in [2.75, 3.05) is 32.9 Å². The van der Waals surface area contributed by atoms with Gasteiger partial charge in [-0.15, -0.1) is 0 Å². The van der Waals surface area contributed by atoms with Crippen LogP contribution in [0, 0.1) is 0 Å². The minimum Gasteiger partial charge on any atom is -0.484 e. The molecule has 1 aliphatic rings. The highest BCUT2D eigenvalue weighted by atomic mass is 19.4. The predicted octanol–water partition coefficient (Wildman–Crippen LogP) is 3.23. The molecule has 1 heterocycles. The van der Waals surface area contributed by atoms with Gasteiger partial charge in [0.2, 0.25) is 0 Å². The largest absolute Gasteiger partial charge is 0.484 e. The molecule has 1 saturated heterocycles. The highest BCUT2D eigenvalue weighted by Gasteiger charge is 2.30. The highest BCUT2D eigenvalue weighted by Crippen LogP contribution is 2.31. The summed E-state index contributed by atoms with van der Waals surface area (Å²) in [6.07, 6.45) is -4.45. The maximum absolute atomic E-state index is 12.7. The number of rotatable bonds is 7. The Labute approximate surface area is 167 Å². The van der Waals surface area contributed by atoms with Gasteiger partial charge in [0.05, 0.1) is 18.8 Å². The van der Waals surface area contributed by atoms with Crippen molar-refractivity contribution in [2.45, 2.75) is 19.3 Å². The summed E-state index contributed by atoms with van der Waals surface area (Å²) in [7, 11) is 0. The van der Waals surface area contributed by atoms with Gasteiger partial charge in [0.15, 0.2) is 6.61 Å². The molecule has 0 radical (unpaired) electrons. The number of hydrogen-bond acceptors (Lipinski definition) is 4. The van der Waals surface area contributed by atoms with Gasteiger partial charge in [-0.05, 0) is 29.3 Å². The maximum Gasteiger partial charge on any atom is 0.416 e. The smallest absolute Gasteiger partial charge is 0.416 e. The third kappa shape index (κ3) is 6.76. The van der Waals surface area contributed by atoms with Crippen LogP contribution in [0.2, 0.25) is 0 Å². The van der Waals surface area contributed by atoms with Crippen LogP contribution >= 0.6 is 0 Å². The molecular weight excluding hydrogens is 385 g/mol. The Morgan fingerprint density at radius 2 is 1.76 bits per heavy atom. The third-order valence-electron chi connectivity index (χ3n) is 4.55. The number of hydrogen-bond donors (Lipinski definition) is 1. The van der Waals surface area contributed by atoms with Gasteiger partial charge in [0.25, 0.3) is 5.91 Å². The SMILES string of the molecule is O=C(COc1cccc(C(F)(F)F)c1)NCc1ccc(CN2CCOCC2)cc1. The van der Waals surface area contributed by atoms with Gasteiger partial charge < -0.3 is 14.8 Å². The molecule has 1 fully saturated rings. The van der Waals surface area contributed by atoms with Crippen LogP contribution in [-0.2, 0) is 28.8 Å². The van der Waals surface area contributed by atoms with Gasteiger partial charge in [-0.3, -0.25) is 9.69 Å². The summed E-state index contributed by atoms with van der Waals surface area (Å²) in [6, 6.07) is 12.4. The van der Waals surface area contributed by atoms with Gasteiger partial charge in [0.1, 0.15) is 5.75 Å². The van der Waals surface area contributed by atoms with E-state index in [1.54, 1.807) is 0 Å². The molecule has 0 saturated carbocycles. The third-order valence-corrected chi connectivity index (χ3v) is 4.55. The van der Waals surface area contributed by atoms with Gasteiger partial charge >= 0.3 is 6.18 Å². The monoisotopic (exact) mass is 408 g/mol.